The molecule has 1 amide bonds. The number of fused-ring (bicyclic) bond motifs is 2. The molecule has 1 aliphatic heterocycles. The summed E-state index contributed by atoms with van der Waals surface area (Å²) in [5, 5.41) is 0.910. The number of piperidine rings is 1. The molecule has 1 atom stereocenters. The van der Waals surface area contributed by atoms with Crippen molar-refractivity contribution in [3.05, 3.63) is 75.8 Å². The molecule has 0 saturated carbocycles. The van der Waals surface area contributed by atoms with Crippen molar-refractivity contribution in [1.82, 2.24) is 4.90 Å². The lowest BCUT2D eigenvalue weighted by Crippen LogP contribution is -2.44. The number of carbonyl (C=O) groups is 1. The molecule has 146 valence electrons. The van der Waals surface area contributed by atoms with E-state index < -0.39 is 0 Å². The Morgan fingerprint density at radius 3 is 2.64 bits per heavy atom. The molecule has 28 heavy (non-hydrogen) atoms. The first-order valence-electron chi connectivity index (χ1n) is 10.4. The molecular weight excluding hydrogens is 366 g/mol. The lowest BCUT2D eigenvalue weighted by molar-refractivity contribution is -0.127. The highest BCUT2D eigenvalue weighted by molar-refractivity contribution is 6.31. The second-order valence-electron chi connectivity index (χ2n) is 8.31. The van der Waals surface area contributed by atoms with Crippen molar-refractivity contribution in [2.75, 3.05) is 13.1 Å². The summed E-state index contributed by atoms with van der Waals surface area (Å²) in [6.07, 6.45) is 8.00. The van der Waals surface area contributed by atoms with E-state index in [4.69, 9.17) is 11.6 Å². The molecule has 2 nitrogen and oxygen atoms in total. The molecule has 1 heterocycles. The fourth-order valence-corrected chi connectivity index (χ4v) is 5.52. The summed E-state index contributed by atoms with van der Waals surface area (Å²) in [4.78, 5) is 14.7. The molecule has 0 radical (unpaired) electrons. The van der Waals surface area contributed by atoms with Crippen molar-refractivity contribution >= 4 is 23.6 Å². The zero-order valence-corrected chi connectivity index (χ0v) is 17.5. The smallest absolute Gasteiger partial charge is 0.246 e. The third-order valence-corrected chi connectivity index (χ3v) is 7.09. The molecule has 2 aromatic carbocycles. The first kappa shape index (κ1) is 19.3. The Labute approximate surface area is 173 Å². The number of rotatable bonds is 3. The number of nitrogens with zero attached hydrogens (tertiary/aromatic N) is 1. The van der Waals surface area contributed by atoms with Crippen LogP contribution < -0.4 is 0 Å². The fourth-order valence-electron chi connectivity index (χ4n) is 5.14. The minimum atomic E-state index is 0.113. The van der Waals surface area contributed by atoms with E-state index in [9.17, 15) is 4.79 Å². The zero-order valence-electron chi connectivity index (χ0n) is 16.7. The van der Waals surface area contributed by atoms with Crippen LogP contribution in [-0.2, 0) is 10.2 Å². The quantitative estimate of drug-likeness (QED) is 0.575. The number of halogens is 1. The van der Waals surface area contributed by atoms with Gasteiger partial charge in [0.15, 0.2) is 0 Å². The molecule has 0 aromatic heterocycles. The van der Waals surface area contributed by atoms with Gasteiger partial charge in [-0.1, -0.05) is 54.9 Å². The minimum absolute atomic E-state index is 0.113. The maximum absolute atomic E-state index is 12.7. The van der Waals surface area contributed by atoms with E-state index in [1.165, 1.54) is 23.1 Å². The van der Waals surface area contributed by atoms with Gasteiger partial charge in [-0.25, -0.2) is 0 Å². The van der Waals surface area contributed by atoms with Crippen LogP contribution >= 0.6 is 11.6 Å². The Hall–Kier alpha value is -2.06. The predicted octanol–water partition coefficient (Wildman–Crippen LogP) is 6.12. The van der Waals surface area contributed by atoms with E-state index in [1.54, 1.807) is 6.08 Å². The Morgan fingerprint density at radius 1 is 1.18 bits per heavy atom. The molecule has 4 rings (SSSR count). The number of hydrogen-bond acceptors (Lipinski definition) is 1. The molecule has 2 aromatic rings. The van der Waals surface area contributed by atoms with Crippen molar-refractivity contribution in [2.24, 2.45) is 0 Å². The molecule has 1 saturated heterocycles. The van der Waals surface area contributed by atoms with E-state index in [2.05, 4.69) is 32.0 Å². The highest BCUT2D eigenvalue weighted by Crippen LogP contribution is 2.54. The van der Waals surface area contributed by atoms with Crippen LogP contribution in [0.3, 0.4) is 0 Å². The summed E-state index contributed by atoms with van der Waals surface area (Å²) < 4.78 is 0. The van der Waals surface area contributed by atoms with Gasteiger partial charge in [-0.15, -0.1) is 0 Å². The van der Waals surface area contributed by atoms with Gasteiger partial charge in [0.25, 0.3) is 0 Å². The maximum Gasteiger partial charge on any atom is 0.246 e. The van der Waals surface area contributed by atoms with Gasteiger partial charge in [0, 0.05) is 29.6 Å². The summed E-state index contributed by atoms with van der Waals surface area (Å²) in [5.41, 5.74) is 5.24. The Kier molecular flexibility index (Phi) is 5.33. The van der Waals surface area contributed by atoms with E-state index in [-0.39, 0.29) is 11.3 Å². The third-order valence-electron chi connectivity index (χ3n) is 6.77. The van der Waals surface area contributed by atoms with Gasteiger partial charge in [0.05, 0.1) is 0 Å². The van der Waals surface area contributed by atoms with E-state index in [0.29, 0.717) is 5.92 Å². The van der Waals surface area contributed by atoms with E-state index >= 15 is 0 Å². The molecule has 3 heteroatoms. The summed E-state index contributed by atoms with van der Waals surface area (Å²) in [6.45, 7) is 5.94. The Balaban J connectivity index is 1.48. The molecule has 1 unspecified atom stereocenters. The standard InChI is InChI=1S/C25H28ClNO/c1-3-19-17-25(24-21(19)9-6-10-22(24)26)13-15-27(16-14-25)23(28)12-11-20-8-5-4-7-18(20)2/h4-12,19H,3,13-17H2,1-2H3/b12-11+. The van der Waals surface area contributed by atoms with Gasteiger partial charge in [-0.05, 0) is 72.9 Å². The summed E-state index contributed by atoms with van der Waals surface area (Å²) in [7, 11) is 0. The SMILES string of the molecule is CCC1CC2(CCN(C(=O)/C=C/c3ccccc3C)CC2)c2c(Cl)cccc21. The van der Waals surface area contributed by atoms with Gasteiger partial charge in [0.1, 0.15) is 0 Å². The van der Waals surface area contributed by atoms with Crippen LogP contribution in [0, 0.1) is 6.92 Å². The van der Waals surface area contributed by atoms with Crippen molar-refractivity contribution in [1.29, 1.82) is 0 Å². The van der Waals surface area contributed by atoms with Gasteiger partial charge in [-0.3, -0.25) is 4.79 Å². The Morgan fingerprint density at radius 2 is 1.93 bits per heavy atom. The number of amides is 1. The number of benzene rings is 2. The van der Waals surface area contributed by atoms with Crippen LogP contribution in [0.25, 0.3) is 6.08 Å². The lowest BCUT2D eigenvalue weighted by Gasteiger charge is -2.40. The van der Waals surface area contributed by atoms with Gasteiger partial charge < -0.3 is 4.90 Å². The highest BCUT2D eigenvalue weighted by Gasteiger charge is 2.46. The van der Waals surface area contributed by atoms with Crippen molar-refractivity contribution in [2.45, 2.75) is 50.9 Å². The number of carbonyl (C=O) groups excluding carboxylic acids is 1. The average molecular weight is 394 g/mol. The van der Waals surface area contributed by atoms with Crippen molar-refractivity contribution in [3.63, 3.8) is 0 Å². The highest BCUT2D eigenvalue weighted by atomic mass is 35.5. The summed E-state index contributed by atoms with van der Waals surface area (Å²) in [5.74, 6) is 0.708. The first-order chi connectivity index (χ1) is 13.5. The molecule has 0 bridgehead atoms. The maximum atomic E-state index is 12.7. The third kappa shape index (κ3) is 3.39. The lowest BCUT2D eigenvalue weighted by atomic mass is 9.73. The van der Waals surface area contributed by atoms with Gasteiger partial charge >= 0.3 is 0 Å². The van der Waals surface area contributed by atoms with Crippen LogP contribution in [0.5, 0.6) is 0 Å². The second kappa shape index (κ2) is 7.75. The molecule has 1 aliphatic carbocycles. The predicted molar refractivity (Wildman–Crippen MR) is 117 cm³/mol. The van der Waals surface area contributed by atoms with Gasteiger partial charge in [-0.2, -0.15) is 0 Å². The Bertz CT molecular complexity index is 909. The second-order valence-corrected chi connectivity index (χ2v) is 8.72. The van der Waals surface area contributed by atoms with Gasteiger partial charge in [0.2, 0.25) is 5.91 Å². The van der Waals surface area contributed by atoms with E-state index in [1.807, 2.05) is 35.2 Å². The molecule has 1 spiro atoms. The van der Waals surface area contributed by atoms with Crippen molar-refractivity contribution in [3.8, 4) is 0 Å². The fraction of sp³-hybridized carbons (Fsp3) is 0.400. The minimum Gasteiger partial charge on any atom is -0.339 e. The topological polar surface area (TPSA) is 20.3 Å². The zero-order chi connectivity index (χ0) is 19.7. The average Bonchev–Trinajstić information content (AvgIpc) is 3.02. The van der Waals surface area contributed by atoms with Crippen LogP contribution in [0.2, 0.25) is 5.02 Å². The largest absolute Gasteiger partial charge is 0.339 e. The summed E-state index contributed by atoms with van der Waals surface area (Å²) in [6, 6.07) is 14.5. The van der Waals surface area contributed by atoms with Crippen LogP contribution in [-0.4, -0.2) is 23.9 Å². The number of hydrogen-bond donors (Lipinski definition) is 0. The van der Waals surface area contributed by atoms with Crippen LogP contribution in [0.1, 0.15) is 60.8 Å². The van der Waals surface area contributed by atoms with E-state index in [0.717, 1.165) is 42.9 Å². The normalized spacial score (nSPS) is 20.7. The summed E-state index contributed by atoms with van der Waals surface area (Å²) >= 11 is 6.65. The monoisotopic (exact) mass is 393 g/mol. The van der Waals surface area contributed by atoms with Crippen molar-refractivity contribution < 1.29 is 4.79 Å². The molecule has 2 aliphatic rings. The molecular formula is C25H28ClNO. The van der Waals surface area contributed by atoms with Crippen LogP contribution in [0.4, 0.5) is 0 Å². The molecule has 0 N–H and O–H groups in total. The number of aryl methyl sites for hydroxylation is 1. The number of likely N-dealkylation sites (tertiary alicyclic amines) is 1. The molecule has 1 fully saturated rings. The first-order valence-corrected chi connectivity index (χ1v) is 10.7. The van der Waals surface area contributed by atoms with Crippen LogP contribution in [0.15, 0.2) is 48.5 Å².